The molecule has 0 unspecified atom stereocenters. The van der Waals surface area contributed by atoms with Crippen LogP contribution in [-0.4, -0.2) is 9.55 Å². The van der Waals surface area contributed by atoms with Gasteiger partial charge >= 0.3 is 0 Å². The molecule has 2 aromatic carbocycles. The quantitative estimate of drug-likeness (QED) is 0.529. The van der Waals surface area contributed by atoms with Crippen molar-refractivity contribution in [1.29, 1.82) is 0 Å². The van der Waals surface area contributed by atoms with Crippen molar-refractivity contribution in [2.75, 3.05) is 0 Å². The number of fused-ring (bicyclic) bond motifs is 1. The van der Waals surface area contributed by atoms with Crippen molar-refractivity contribution in [2.45, 2.75) is 36.7 Å². The van der Waals surface area contributed by atoms with Gasteiger partial charge in [0.1, 0.15) is 0 Å². The molecule has 0 atom stereocenters. The topological polar surface area (TPSA) is 34.9 Å². The fourth-order valence-corrected chi connectivity index (χ4v) is 3.94. The number of aromatic nitrogens is 2. The number of nitrogens with zero attached hydrogens (tertiary/aromatic N) is 2. The molecular formula is C19H18N2OS. The summed E-state index contributed by atoms with van der Waals surface area (Å²) < 4.78 is 1.91. The Morgan fingerprint density at radius 2 is 1.87 bits per heavy atom. The van der Waals surface area contributed by atoms with Crippen LogP contribution in [0.4, 0.5) is 0 Å². The molecule has 0 aliphatic heterocycles. The Hall–Kier alpha value is -2.07. The van der Waals surface area contributed by atoms with Crippen LogP contribution in [0.5, 0.6) is 0 Å². The first-order chi connectivity index (χ1) is 11.2. The first-order valence-corrected chi connectivity index (χ1v) is 8.91. The summed E-state index contributed by atoms with van der Waals surface area (Å²) in [5.74, 6) is 0.837. The van der Waals surface area contributed by atoms with Crippen LogP contribution in [0.1, 0.15) is 30.0 Å². The summed E-state index contributed by atoms with van der Waals surface area (Å²) in [6.07, 6.45) is 2.16. The third-order valence-corrected chi connectivity index (χ3v) is 5.31. The Labute approximate surface area is 139 Å². The van der Waals surface area contributed by atoms with E-state index in [1.54, 1.807) is 11.8 Å². The Kier molecular flexibility index (Phi) is 3.69. The molecule has 0 radical (unpaired) electrons. The van der Waals surface area contributed by atoms with Gasteiger partial charge in [-0.3, -0.25) is 9.36 Å². The second kappa shape index (κ2) is 5.85. The molecule has 0 bridgehead atoms. The predicted octanol–water partition coefficient (Wildman–Crippen LogP) is 4.33. The van der Waals surface area contributed by atoms with E-state index in [0.717, 1.165) is 34.7 Å². The SMILES string of the molecule is Cc1ccccc1CSc1nc2ccccc2c(=O)n1C1CC1. The number of para-hydroxylation sites is 1. The maximum atomic E-state index is 12.8. The zero-order valence-corrected chi connectivity index (χ0v) is 13.8. The van der Waals surface area contributed by atoms with E-state index in [9.17, 15) is 4.79 Å². The molecule has 116 valence electrons. The zero-order valence-electron chi connectivity index (χ0n) is 13.0. The van der Waals surface area contributed by atoms with Crippen molar-refractivity contribution in [3.63, 3.8) is 0 Å². The lowest BCUT2D eigenvalue weighted by atomic mass is 10.1. The molecule has 1 aliphatic rings. The van der Waals surface area contributed by atoms with Gasteiger partial charge in [0.15, 0.2) is 5.16 Å². The van der Waals surface area contributed by atoms with Gasteiger partial charge in [-0.05, 0) is 43.0 Å². The molecule has 0 amide bonds. The lowest BCUT2D eigenvalue weighted by molar-refractivity contribution is 0.618. The third-order valence-electron chi connectivity index (χ3n) is 4.31. The normalized spacial score (nSPS) is 14.3. The number of benzene rings is 2. The van der Waals surface area contributed by atoms with Crippen LogP contribution < -0.4 is 5.56 Å². The molecule has 3 aromatic rings. The summed E-state index contributed by atoms with van der Waals surface area (Å²) in [7, 11) is 0. The van der Waals surface area contributed by atoms with E-state index in [1.807, 2.05) is 28.8 Å². The van der Waals surface area contributed by atoms with E-state index in [1.165, 1.54) is 11.1 Å². The molecule has 3 nitrogen and oxygen atoms in total. The highest BCUT2D eigenvalue weighted by atomic mass is 32.2. The van der Waals surface area contributed by atoms with E-state index < -0.39 is 0 Å². The van der Waals surface area contributed by atoms with Gasteiger partial charge in [0.2, 0.25) is 0 Å². The van der Waals surface area contributed by atoms with Gasteiger partial charge in [0, 0.05) is 11.8 Å². The van der Waals surface area contributed by atoms with Gasteiger partial charge in [0.05, 0.1) is 10.9 Å². The summed E-state index contributed by atoms with van der Waals surface area (Å²) >= 11 is 1.66. The molecule has 1 saturated carbocycles. The van der Waals surface area contributed by atoms with E-state index in [2.05, 4.69) is 31.2 Å². The Morgan fingerprint density at radius 1 is 1.13 bits per heavy atom. The molecule has 1 aromatic heterocycles. The molecule has 0 saturated heterocycles. The van der Waals surface area contributed by atoms with Gasteiger partial charge in [-0.25, -0.2) is 4.98 Å². The summed E-state index contributed by atoms with van der Waals surface area (Å²) in [6.45, 7) is 2.12. The molecule has 23 heavy (non-hydrogen) atoms. The van der Waals surface area contributed by atoms with E-state index in [4.69, 9.17) is 4.98 Å². The van der Waals surface area contributed by atoms with Gasteiger partial charge in [0.25, 0.3) is 5.56 Å². The van der Waals surface area contributed by atoms with Crippen molar-refractivity contribution >= 4 is 22.7 Å². The van der Waals surface area contributed by atoms with Crippen LogP contribution in [0, 0.1) is 6.92 Å². The number of hydrogen-bond acceptors (Lipinski definition) is 3. The van der Waals surface area contributed by atoms with Crippen molar-refractivity contribution in [3.8, 4) is 0 Å². The minimum atomic E-state index is 0.102. The molecule has 1 heterocycles. The Morgan fingerprint density at radius 3 is 2.65 bits per heavy atom. The van der Waals surface area contributed by atoms with Crippen LogP contribution in [0.2, 0.25) is 0 Å². The van der Waals surface area contributed by atoms with Crippen molar-refractivity contribution in [1.82, 2.24) is 9.55 Å². The second-order valence-corrected chi connectivity index (χ2v) is 6.98. The van der Waals surface area contributed by atoms with E-state index in [-0.39, 0.29) is 5.56 Å². The van der Waals surface area contributed by atoms with Crippen LogP contribution in [0.15, 0.2) is 58.5 Å². The average Bonchev–Trinajstić information content (AvgIpc) is 3.39. The fourth-order valence-electron chi connectivity index (χ4n) is 2.80. The molecule has 4 rings (SSSR count). The molecule has 4 heteroatoms. The van der Waals surface area contributed by atoms with Gasteiger partial charge in [-0.1, -0.05) is 48.2 Å². The number of hydrogen-bond donors (Lipinski definition) is 0. The maximum Gasteiger partial charge on any atom is 0.262 e. The minimum absolute atomic E-state index is 0.102. The monoisotopic (exact) mass is 322 g/mol. The van der Waals surface area contributed by atoms with Crippen LogP contribution in [-0.2, 0) is 5.75 Å². The summed E-state index contributed by atoms with van der Waals surface area (Å²) in [5, 5.41) is 1.57. The molecule has 1 aliphatic carbocycles. The second-order valence-electron chi connectivity index (χ2n) is 6.03. The minimum Gasteiger partial charge on any atom is -0.284 e. The standard InChI is InChI=1S/C19H18N2OS/c1-13-6-2-3-7-14(13)12-23-19-20-17-9-5-4-8-16(17)18(22)21(19)15-10-11-15/h2-9,15H,10-12H2,1H3. The number of thioether (sulfide) groups is 1. The number of aryl methyl sites for hydroxylation is 1. The van der Waals surface area contributed by atoms with Gasteiger partial charge in [-0.15, -0.1) is 0 Å². The molecule has 0 N–H and O–H groups in total. The zero-order chi connectivity index (χ0) is 15.8. The van der Waals surface area contributed by atoms with Crippen LogP contribution >= 0.6 is 11.8 Å². The van der Waals surface area contributed by atoms with Gasteiger partial charge in [-0.2, -0.15) is 0 Å². The maximum absolute atomic E-state index is 12.8. The fraction of sp³-hybridized carbons (Fsp3) is 0.263. The molecule has 0 spiro atoms. The van der Waals surface area contributed by atoms with Crippen LogP contribution in [0.3, 0.4) is 0 Å². The average molecular weight is 322 g/mol. The first-order valence-electron chi connectivity index (χ1n) is 7.92. The smallest absolute Gasteiger partial charge is 0.262 e. The Balaban J connectivity index is 1.75. The third kappa shape index (κ3) is 2.79. The predicted molar refractivity (Wildman–Crippen MR) is 95.0 cm³/mol. The van der Waals surface area contributed by atoms with Crippen molar-refractivity contribution in [2.24, 2.45) is 0 Å². The van der Waals surface area contributed by atoms with Crippen molar-refractivity contribution < 1.29 is 0 Å². The summed E-state index contributed by atoms with van der Waals surface area (Å²) in [4.78, 5) is 17.6. The van der Waals surface area contributed by atoms with Gasteiger partial charge < -0.3 is 0 Å². The largest absolute Gasteiger partial charge is 0.284 e. The number of rotatable bonds is 4. The highest BCUT2D eigenvalue weighted by Gasteiger charge is 2.28. The molecule has 1 fully saturated rings. The Bertz CT molecular complexity index is 928. The van der Waals surface area contributed by atoms with Crippen molar-refractivity contribution in [3.05, 3.63) is 70.0 Å². The summed E-state index contributed by atoms with van der Waals surface area (Å²) in [5.41, 5.74) is 3.47. The lowest BCUT2D eigenvalue weighted by Gasteiger charge is -2.13. The van der Waals surface area contributed by atoms with Crippen LogP contribution in [0.25, 0.3) is 10.9 Å². The molecular weight excluding hydrogens is 304 g/mol. The highest BCUT2D eigenvalue weighted by molar-refractivity contribution is 7.98. The highest BCUT2D eigenvalue weighted by Crippen LogP contribution is 2.37. The first kappa shape index (κ1) is 14.5. The lowest BCUT2D eigenvalue weighted by Crippen LogP contribution is -2.22. The van der Waals surface area contributed by atoms with E-state index >= 15 is 0 Å². The summed E-state index contributed by atoms with van der Waals surface area (Å²) in [6, 6.07) is 16.3. The van der Waals surface area contributed by atoms with E-state index in [0.29, 0.717) is 6.04 Å².